The van der Waals surface area contributed by atoms with Crippen molar-refractivity contribution in [2.45, 2.75) is 104 Å². The first kappa shape index (κ1) is 34.3. The molecular weight excluding hydrogens is 598 g/mol. The first-order valence-corrected chi connectivity index (χ1v) is 16.1. The molecule has 230 valence electrons. The summed E-state index contributed by atoms with van der Waals surface area (Å²) in [5.74, 6) is 1.83. The number of allylic oxidation sites excluding steroid dienone is 3. The van der Waals surface area contributed by atoms with Gasteiger partial charge in [0.25, 0.3) is 0 Å². The van der Waals surface area contributed by atoms with E-state index in [0.29, 0.717) is 13.0 Å². The van der Waals surface area contributed by atoms with Crippen molar-refractivity contribution in [3.63, 3.8) is 0 Å². The molecule has 0 saturated heterocycles. The van der Waals surface area contributed by atoms with E-state index in [1.54, 1.807) is 6.92 Å². The molecule has 2 aromatic rings. The molecule has 2 aromatic carbocycles. The van der Waals surface area contributed by atoms with Gasteiger partial charge in [-0.15, -0.1) is 0 Å². The lowest BCUT2D eigenvalue weighted by Gasteiger charge is -2.22. The molecule has 6 heteroatoms. The van der Waals surface area contributed by atoms with Crippen molar-refractivity contribution in [2.24, 2.45) is 4.99 Å². The summed E-state index contributed by atoms with van der Waals surface area (Å²) >= 11 is 0. The van der Waals surface area contributed by atoms with Gasteiger partial charge in [-0.2, -0.15) is 0 Å². The molecule has 5 nitrogen and oxygen atoms in total. The fraction of sp³-hybridized carbons (Fsp3) is 0.459. The average molecular weight is 647 g/mol. The van der Waals surface area contributed by atoms with Gasteiger partial charge in [-0.05, 0) is 54.0 Å². The molecule has 43 heavy (non-hydrogen) atoms. The summed E-state index contributed by atoms with van der Waals surface area (Å²) in [5, 5.41) is 0. The Hall–Kier alpha value is -3.21. The highest BCUT2D eigenvalue weighted by Gasteiger charge is 2.28. The van der Waals surface area contributed by atoms with Gasteiger partial charge in [-0.25, -0.2) is 4.90 Å². The van der Waals surface area contributed by atoms with Crippen LogP contribution in [0, 0.1) is 6.20 Å². The lowest BCUT2D eigenvalue weighted by molar-refractivity contribution is -0.116. The van der Waals surface area contributed by atoms with Crippen LogP contribution in [0.1, 0.15) is 102 Å². The molecule has 4 rings (SSSR count). The number of aliphatic imine (C=N–C) groups is 1. The summed E-state index contributed by atoms with van der Waals surface area (Å²) in [4.78, 5) is 20.9. The predicted octanol–water partition coefficient (Wildman–Crippen LogP) is 6.31. The number of hydrogen-bond donors (Lipinski definition) is 0. The molecule has 1 amide bonds. The molecule has 0 radical (unpaired) electrons. The number of fused-ring (bicyclic) bond motifs is 1. The number of ether oxygens (including phenoxy) is 1. The molecule has 0 N–H and O–H groups in total. The summed E-state index contributed by atoms with van der Waals surface area (Å²) < 4.78 is 6.07. The van der Waals surface area contributed by atoms with E-state index < -0.39 is 0 Å². The van der Waals surface area contributed by atoms with Crippen LogP contribution in [0.25, 0.3) is 0 Å². The van der Waals surface area contributed by atoms with E-state index in [-0.39, 0.29) is 22.9 Å². The molecule has 0 spiro atoms. The minimum atomic E-state index is 0. The van der Waals surface area contributed by atoms with Gasteiger partial charge in [0.2, 0.25) is 17.4 Å². The third-order valence-electron chi connectivity index (χ3n) is 7.93. The second-order valence-corrected chi connectivity index (χ2v) is 11.4. The summed E-state index contributed by atoms with van der Waals surface area (Å²) in [7, 11) is 0. The molecular formula is C37H48BrN3O2. The first-order chi connectivity index (χ1) is 20.6. The molecule has 0 unspecified atom stereocenters. The monoisotopic (exact) mass is 645 g/mol. The van der Waals surface area contributed by atoms with Crippen molar-refractivity contribution < 1.29 is 26.5 Å². The van der Waals surface area contributed by atoms with Crippen LogP contribution >= 0.6 is 0 Å². The van der Waals surface area contributed by atoms with E-state index in [2.05, 4.69) is 47.3 Å². The van der Waals surface area contributed by atoms with Gasteiger partial charge in [-0.1, -0.05) is 107 Å². The normalized spacial score (nSPS) is 13.1. The number of halogens is 1. The zero-order valence-electron chi connectivity index (χ0n) is 26.1. The summed E-state index contributed by atoms with van der Waals surface area (Å²) in [6.07, 6.45) is 27.8. The topological polar surface area (TPSA) is 45.1 Å². The van der Waals surface area contributed by atoms with E-state index in [4.69, 9.17) is 4.74 Å². The van der Waals surface area contributed by atoms with Crippen LogP contribution in [-0.4, -0.2) is 23.2 Å². The number of amidine groups is 1. The quantitative estimate of drug-likeness (QED) is 0.133. The fourth-order valence-corrected chi connectivity index (χ4v) is 5.47. The van der Waals surface area contributed by atoms with Gasteiger partial charge in [-0.3, -0.25) is 4.79 Å². The van der Waals surface area contributed by atoms with Crippen LogP contribution in [0.2, 0.25) is 0 Å². The number of hydrogen-bond acceptors (Lipinski definition) is 4. The van der Waals surface area contributed by atoms with Crippen molar-refractivity contribution in [3.05, 3.63) is 96.0 Å². The van der Waals surface area contributed by atoms with Gasteiger partial charge < -0.3 is 26.6 Å². The van der Waals surface area contributed by atoms with Crippen LogP contribution in [0.3, 0.4) is 0 Å². The van der Waals surface area contributed by atoms with Crippen LogP contribution in [-0.2, 0) is 17.8 Å². The second-order valence-electron chi connectivity index (χ2n) is 11.4. The fourth-order valence-electron chi connectivity index (χ4n) is 5.47. The molecule has 0 atom stereocenters. The lowest BCUT2D eigenvalue weighted by Crippen LogP contribution is -3.00. The standard InChI is InChI=1S/C37H48N3O2.BrH/c1-3-4-5-6-7-8-9-10-11-12-13-16-26-42-36-20-17-18-33(27-36)30-40(31(2)41)34-23-21-32(22-24-34)28-37-38-29-35-19-14-15-25-39(35)37;/h14-15,17-25,27H,3-13,16,26,28,30H2,1-2H3;1H/q+1;/p-1. The van der Waals surface area contributed by atoms with E-state index >= 15 is 0 Å². The highest BCUT2D eigenvalue weighted by atomic mass is 79.9. The Bertz CT molecular complexity index is 1250. The van der Waals surface area contributed by atoms with Crippen LogP contribution in [0.4, 0.5) is 5.69 Å². The number of rotatable bonds is 19. The minimum absolute atomic E-state index is 0. The Morgan fingerprint density at radius 3 is 2.21 bits per heavy atom. The zero-order valence-corrected chi connectivity index (χ0v) is 27.7. The maximum atomic E-state index is 12.6. The maximum Gasteiger partial charge on any atom is 0.247 e. The second kappa shape index (κ2) is 19.1. The Morgan fingerprint density at radius 2 is 1.53 bits per heavy atom. The highest BCUT2D eigenvalue weighted by molar-refractivity contribution is 5.92. The van der Waals surface area contributed by atoms with E-state index in [0.717, 1.165) is 47.1 Å². The average Bonchev–Trinajstić information content (AvgIpc) is 3.41. The molecule has 0 aliphatic carbocycles. The number of nitrogens with zero attached hydrogens (tertiary/aromatic N) is 3. The molecule has 0 aromatic heterocycles. The number of unbranched alkanes of at least 4 members (excludes halogenated alkanes) is 11. The van der Waals surface area contributed by atoms with Gasteiger partial charge >= 0.3 is 0 Å². The maximum absolute atomic E-state index is 12.6. The minimum Gasteiger partial charge on any atom is -1.00 e. The Kier molecular flexibility index (Phi) is 15.3. The molecule has 2 aliphatic heterocycles. The van der Waals surface area contributed by atoms with E-state index in [1.165, 1.54) is 70.6 Å². The molecule has 2 heterocycles. The summed E-state index contributed by atoms with van der Waals surface area (Å²) in [6, 6.07) is 16.3. The third-order valence-corrected chi connectivity index (χ3v) is 7.93. The van der Waals surface area contributed by atoms with Crippen LogP contribution < -0.4 is 26.6 Å². The first-order valence-electron chi connectivity index (χ1n) is 16.1. The Balaban J connectivity index is 0.00000506. The van der Waals surface area contributed by atoms with Crippen molar-refractivity contribution in [3.8, 4) is 5.75 Å². The Labute approximate surface area is 270 Å². The smallest absolute Gasteiger partial charge is 0.247 e. The van der Waals surface area contributed by atoms with E-state index in [9.17, 15) is 4.79 Å². The van der Waals surface area contributed by atoms with Crippen molar-refractivity contribution in [1.82, 2.24) is 4.90 Å². The molecule has 0 fully saturated rings. The van der Waals surface area contributed by atoms with Gasteiger partial charge in [0.05, 0.1) is 25.6 Å². The van der Waals surface area contributed by atoms with Crippen molar-refractivity contribution in [2.75, 3.05) is 11.5 Å². The predicted molar refractivity (Wildman–Crippen MR) is 174 cm³/mol. The van der Waals surface area contributed by atoms with Gasteiger partial charge in [0.15, 0.2) is 6.20 Å². The van der Waals surface area contributed by atoms with Crippen molar-refractivity contribution >= 4 is 17.4 Å². The van der Waals surface area contributed by atoms with Gasteiger partial charge in [0, 0.05) is 18.8 Å². The number of benzene rings is 2. The highest BCUT2D eigenvalue weighted by Crippen LogP contribution is 2.24. The van der Waals surface area contributed by atoms with E-state index in [1.807, 2.05) is 53.6 Å². The van der Waals surface area contributed by atoms with Gasteiger partial charge in [0.1, 0.15) is 5.75 Å². The Morgan fingerprint density at radius 1 is 0.860 bits per heavy atom. The largest absolute Gasteiger partial charge is 1.00 e. The van der Waals surface area contributed by atoms with Crippen LogP contribution in [0.5, 0.6) is 5.75 Å². The zero-order chi connectivity index (χ0) is 29.4. The number of carbonyl (C=O) groups is 1. The van der Waals surface area contributed by atoms with Crippen LogP contribution in [0.15, 0.2) is 83.6 Å². The lowest BCUT2D eigenvalue weighted by atomic mass is 10.1. The molecule has 0 bridgehead atoms. The number of carbonyl (C=O) groups excluding carboxylic acids is 1. The SMILES string of the molecule is CCCCCCCCCCCCCCOc1cccc(CN(C(C)=O)c2ccc(CC3=N[C+]=C4C=CC=CN43)cc2)c1.[Br-]. The summed E-state index contributed by atoms with van der Waals surface area (Å²) in [5.41, 5.74) is 4.04. The number of anilines is 1. The van der Waals surface area contributed by atoms with Crippen molar-refractivity contribution in [1.29, 1.82) is 0 Å². The summed E-state index contributed by atoms with van der Waals surface area (Å²) in [6.45, 7) is 5.14. The molecule has 0 saturated carbocycles. The number of amides is 1. The third kappa shape index (κ3) is 11.4. The molecule has 2 aliphatic rings.